The molecule has 1 saturated heterocycles. The van der Waals surface area contributed by atoms with E-state index in [1.807, 2.05) is 5.06 Å². The summed E-state index contributed by atoms with van der Waals surface area (Å²) < 4.78 is 35.8. The standard InChI is InChI=1S/C27H43F2NO3/c1-7-8-9-18-10-12-19(13-11-18)25(31)33-22-15-14-21(23(28)24(22)29)20-16-26(2,3)30(32-6)27(4,5)17-20/h14-15,18-20,25,31H,7-13,16-17H2,1-6H3. The van der Waals surface area contributed by atoms with Gasteiger partial charge in [-0.15, -0.1) is 0 Å². The first-order valence-corrected chi connectivity index (χ1v) is 12.7. The maximum Gasteiger partial charge on any atom is 0.201 e. The molecule has 1 atom stereocenters. The van der Waals surface area contributed by atoms with Crippen LogP contribution in [0.15, 0.2) is 12.1 Å². The molecule has 1 heterocycles. The van der Waals surface area contributed by atoms with Crippen molar-refractivity contribution in [2.24, 2.45) is 11.8 Å². The predicted octanol–water partition coefficient (Wildman–Crippen LogP) is 6.96. The van der Waals surface area contributed by atoms with Crippen LogP contribution in [0.3, 0.4) is 0 Å². The van der Waals surface area contributed by atoms with E-state index in [0.717, 1.165) is 25.7 Å². The van der Waals surface area contributed by atoms with Crippen molar-refractivity contribution in [3.05, 3.63) is 29.3 Å². The van der Waals surface area contributed by atoms with Gasteiger partial charge in [-0.3, -0.25) is 0 Å². The second kappa shape index (κ2) is 10.6. The molecule has 188 valence electrons. The van der Waals surface area contributed by atoms with Crippen LogP contribution in [0.2, 0.25) is 0 Å². The van der Waals surface area contributed by atoms with Gasteiger partial charge in [-0.05, 0) is 89.7 Å². The third kappa shape index (κ3) is 5.88. The van der Waals surface area contributed by atoms with Gasteiger partial charge < -0.3 is 14.7 Å². The minimum Gasteiger partial charge on any atom is -0.462 e. The summed E-state index contributed by atoms with van der Waals surface area (Å²) in [7, 11) is 1.65. The number of piperidine rings is 1. The number of unbranched alkanes of at least 4 members (excludes halogenated alkanes) is 1. The van der Waals surface area contributed by atoms with Gasteiger partial charge in [0.1, 0.15) is 0 Å². The Hall–Kier alpha value is -1.24. The van der Waals surface area contributed by atoms with Gasteiger partial charge in [0, 0.05) is 17.0 Å². The molecule has 1 N–H and O–H groups in total. The molecule has 6 heteroatoms. The Bertz CT molecular complexity index is 772. The molecule has 1 aromatic rings. The number of nitrogens with zero attached hydrogens (tertiary/aromatic N) is 1. The number of benzene rings is 1. The first-order valence-electron chi connectivity index (χ1n) is 12.7. The van der Waals surface area contributed by atoms with E-state index in [1.165, 1.54) is 25.3 Å². The number of aliphatic hydroxyl groups is 1. The van der Waals surface area contributed by atoms with E-state index in [4.69, 9.17) is 9.57 Å². The summed E-state index contributed by atoms with van der Waals surface area (Å²) in [5, 5.41) is 12.5. The molecule has 1 aromatic carbocycles. The molecule has 1 saturated carbocycles. The van der Waals surface area contributed by atoms with E-state index in [9.17, 15) is 5.11 Å². The Morgan fingerprint density at radius 2 is 1.64 bits per heavy atom. The molecule has 0 radical (unpaired) electrons. The smallest absolute Gasteiger partial charge is 0.201 e. The van der Waals surface area contributed by atoms with Crippen LogP contribution in [0, 0.1) is 23.5 Å². The van der Waals surface area contributed by atoms with E-state index < -0.39 is 17.9 Å². The van der Waals surface area contributed by atoms with Crippen LogP contribution >= 0.6 is 0 Å². The minimum absolute atomic E-state index is 0.0371. The first kappa shape index (κ1) is 26.4. The van der Waals surface area contributed by atoms with Crippen LogP contribution in [-0.2, 0) is 4.84 Å². The number of hydrogen-bond acceptors (Lipinski definition) is 4. The van der Waals surface area contributed by atoms with Crippen molar-refractivity contribution in [3.8, 4) is 5.75 Å². The molecule has 4 nitrogen and oxygen atoms in total. The van der Waals surface area contributed by atoms with Gasteiger partial charge in [0.15, 0.2) is 17.9 Å². The summed E-state index contributed by atoms with van der Waals surface area (Å²) in [5.74, 6) is -1.55. The number of hydrogen-bond donors (Lipinski definition) is 1. The summed E-state index contributed by atoms with van der Waals surface area (Å²) in [6.07, 6.45) is 7.70. The van der Waals surface area contributed by atoms with Gasteiger partial charge in [0.2, 0.25) is 5.82 Å². The molecular formula is C27H43F2NO3. The van der Waals surface area contributed by atoms with Crippen molar-refractivity contribution >= 4 is 0 Å². The maximum absolute atomic E-state index is 15.2. The number of halogens is 2. The van der Waals surface area contributed by atoms with Gasteiger partial charge >= 0.3 is 0 Å². The highest BCUT2D eigenvalue weighted by Gasteiger charge is 2.47. The molecule has 0 aromatic heterocycles. The van der Waals surface area contributed by atoms with Gasteiger partial charge in [0.25, 0.3) is 0 Å². The second-order valence-electron chi connectivity index (χ2n) is 11.4. The second-order valence-corrected chi connectivity index (χ2v) is 11.4. The highest BCUT2D eigenvalue weighted by molar-refractivity contribution is 5.34. The molecule has 2 fully saturated rings. The van der Waals surface area contributed by atoms with E-state index >= 15 is 8.78 Å². The van der Waals surface area contributed by atoms with Gasteiger partial charge in [-0.1, -0.05) is 32.3 Å². The van der Waals surface area contributed by atoms with Crippen LogP contribution < -0.4 is 4.74 Å². The topological polar surface area (TPSA) is 41.9 Å². The molecular weight excluding hydrogens is 424 g/mol. The molecule has 1 aliphatic heterocycles. The summed E-state index contributed by atoms with van der Waals surface area (Å²) in [4.78, 5) is 5.62. The Morgan fingerprint density at radius 3 is 2.18 bits per heavy atom. The minimum atomic E-state index is -1.11. The lowest BCUT2D eigenvalue weighted by molar-refractivity contribution is -0.266. The zero-order valence-corrected chi connectivity index (χ0v) is 21.3. The molecule has 0 amide bonds. The van der Waals surface area contributed by atoms with Gasteiger partial charge in [-0.2, -0.15) is 9.45 Å². The number of aliphatic hydroxyl groups excluding tert-OH is 1. The normalized spacial score (nSPS) is 26.8. The van der Waals surface area contributed by atoms with Crippen LogP contribution in [0.1, 0.15) is 104 Å². The summed E-state index contributed by atoms with van der Waals surface area (Å²) >= 11 is 0. The fraction of sp³-hybridized carbons (Fsp3) is 0.778. The zero-order chi connectivity index (χ0) is 24.4. The SMILES string of the molecule is CCCCC1CCC(C(O)Oc2ccc(C3CC(C)(C)N(OC)C(C)(C)C3)c(F)c2F)CC1. The number of rotatable bonds is 8. The van der Waals surface area contributed by atoms with E-state index in [1.54, 1.807) is 13.2 Å². The van der Waals surface area contributed by atoms with E-state index in [2.05, 4.69) is 34.6 Å². The van der Waals surface area contributed by atoms with Crippen LogP contribution in [-0.4, -0.2) is 34.6 Å². The third-order valence-corrected chi connectivity index (χ3v) is 7.80. The van der Waals surface area contributed by atoms with Crippen LogP contribution in [0.4, 0.5) is 8.78 Å². The van der Waals surface area contributed by atoms with Crippen molar-refractivity contribution in [1.29, 1.82) is 0 Å². The van der Waals surface area contributed by atoms with Crippen molar-refractivity contribution in [2.75, 3.05) is 7.11 Å². The summed E-state index contributed by atoms with van der Waals surface area (Å²) in [5.41, 5.74) is -0.292. The average Bonchev–Trinajstić information content (AvgIpc) is 2.74. The van der Waals surface area contributed by atoms with Crippen LogP contribution in [0.25, 0.3) is 0 Å². The lowest BCUT2D eigenvalue weighted by Gasteiger charge is -2.53. The van der Waals surface area contributed by atoms with Crippen molar-refractivity contribution in [1.82, 2.24) is 5.06 Å². The highest BCUT2D eigenvalue weighted by Crippen LogP contribution is 2.47. The number of ether oxygens (including phenoxy) is 1. The Kier molecular flexibility index (Phi) is 8.45. The average molecular weight is 468 g/mol. The third-order valence-electron chi connectivity index (χ3n) is 7.80. The molecule has 2 aliphatic rings. The Morgan fingerprint density at radius 1 is 1.03 bits per heavy atom. The molecule has 1 unspecified atom stereocenters. The zero-order valence-electron chi connectivity index (χ0n) is 21.3. The molecule has 0 spiro atoms. The lowest BCUT2D eigenvalue weighted by Crippen LogP contribution is -2.59. The fourth-order valence-corrected chi connectivity index (χ4v) is 6.41. The highest BCUT2D eigenvalue weighted by atomic mass is 19.2. The maximum atomic E-state index is 15.2. The summed E-state index contributed by atoms with van der Waals surface area (Å²) in [6, 6.07) is 3.11. The Labute approximate surface area is 198 Å². The largest absolute Gasteiger partial charge is 0.462 e. The quantitative estimate of drug-likeness (QED) is 0.420. The van der Waals surface area contributed by atoms with Crippen molar-refractivity contribution in [2.45, 2.75) is 116 Å². The molecule has 33 heavy (non-hydrogen) atoms. The Balaban J connectivity index is 1.68. The molecule has 0 bridgehead atoms. The predicted molar refractivity (Wildman–Crippen MR) is 127 cm³/mol. The molecule has 3 rings (SSSR count). The van der Waals surface area contributed by atoms with E-state index in [-0.39, 0.29) is 28.7 Å². The summed E-state index contributed by atoms with van der Waals surface area (Å²) in [6.45, 7) is 10.4. The van der Waals surface area contributed by atoms with Gasteiger partial charge in [0.05, 0.1) is 7.11 Å². The van der Waals surface area contributed by atoms with Crippen LogP contribution in [0.5, 0.6) is 5.75 Å². The molecule has 1 aliphatic carbocycles. The van der Waals surface area contributed by atoms with Crippen molar-refractivity contribution in [3.63, 3.8) is 0 Å². The van der Waals surface area contributed by atoms with Crippen molar-refractivity contribution < 1.29 is 23.5 Å². The monoisotopic (exact) mass is 467 g/mol. The number of hydroxylamine groups is 2. The fourth-order valence-electron chi connectivity index (χ4n) is 6.41. The van der Waals surface area contributed by atoms with Gasteiger partial charge in [-0.25, -0.2) is 4.39 Å². The first-order chi connectivity index (χ1) is 15.5. The lowest BCUT2D eigenvalue weighted by atomic mass is 9.72. The van der Waals surface area contributed by atoms with E-state index in [0.29, 0.717) is 24.3 Å².